The highest BCUT2D eigenvalue weighted by molar-refractivity contribution is 9.10. The number of hydrogen-bond donors (Lipinski definition) is 1. The lowest BCUT2D eigenvalue weighted by molar-refractivity contribution is 0.194. The number of rotatable bonds is 2. The van der Waals surface area contributed by atoms with Crippen molar-refractivity contribution >= 4 is 15.9 Å². The lowest BCUT2D eigenvalue weighted by Crippen LogP contribution is -1.91. The highest BCUT2D eigenvalue weighted by atomic mass is 79.9. The molecule has 3 heteroatoms. The largest absolute Gasteiger partial charge is 0.451 e. The maximum absolute atomic E-state index is 9.29. The molecule has 0 aromatic carbocycles. The number of aliphatic hydroxyl groups is 1. The second kappa shape index (κ2) is 3.24. The molecule has 1 N–H and O–H groups in total. The van der Waals surface area contributed by atoms with Crippen LogP contribution in [0.25, 0.3) is 0 Å². The van der Waals surface area contributed by atoms with Crippen molar-refractivity contribution in [1.29, 1.82) is 0 Å². The number of aryl methyl sites for hydroxylation is 1. The molecular formula is C8H9BrO2. The van der Waals surface area contributed by atoms with Gasteiger partial charge in [-0.3, -0.25) is 0 Å². The smallest absolute Gasteiger partial charge is 0.169 e. The van der Waals surface area contributed by atoms with E-state index in [2.05, 4.69) is 22.5 Å². The summed E-state index contributed by atoms with van der Waals surface area (Å²) < 4.78 is 5.79. The minimum Gasteiger partial charge on any atom is -0.451 e. The van der Waals surface area contributed by atoms with Gasteiger partial charge in [0.05, 0.1) is 0 Å². The van der Waals surface area contributed by atoms with Gasteiger partial charge in [0.15, 0.2) is 4.67 Å². The van der Waals surface area contributed by atoms with Gasteiger partial charge in [0.2, 0.25) is 0 Å². The van der Waals surface area contributed by atoms with E-state index in [1.807, 2.05) is 13.0 Å². The topological polar surface area (TPSA) is 33.4 Å². The molecule has 1 rings (SSSR count). The molecule has 1 aromatic rings. The number of aliphatic hydroxyl groups excluding tert-OH is 1. The Morgan fingerprint density at radius 3 is 2.82 bits per heavy atom. The van der Waals surface area contributed by atoms with E-state index in [0.29, 0.717) is 10.4 Å². The van der Waals surface area contributed by atoms with Gasteiger partial charge in [-0.15, -0.1) is 6.58 Å². The quantitative estimate of drug-likeness (QED) is 0.772. The predicted molar refractivity (Wildman–Crippen MR) is 46.3 cm³/mol. The van der Waals surface area contributed by atoms with Crippen LogP contribution in [-0.2, 0) is 0 Å². The van der Waals surface area contributed by atoms with Gasteiger partial charge >= 0.3 is 0 Å². The fraction of sp³-hybridized carbons (Fsp3) is 0.250. The van der Waals surface area contributed by atoms with Crippen molar-refractivity contribution in [3.8, 4) is 0 Å². The maximum atomic E-state index is 9.29. The van der Waals surface area contributed by atoms with Crippen molar-refractivity contribution in [3.05, 3.63) is 34.7 Å². The van der Waals surface area contributed by atoms with Crippen LogP contribution in [-0.4, -0.2) is 5.11 Å². The van der Waals surface area contributed by atoms with Crippen LogP contribution < -0.4 is 0 Å². The Balaban J connectivity index is 3.02. The molecule has 1 unspecified atom stereocenters. The number of halogens is 1. The van der Waals surface area contributed by atoms with Gasteiger partial charge in [0.25, 0.3) is 0 Å². The molecule has 0 fully saturated rings. The van der Waals surface area contributed by atoms with E-state index in [-0.39, 0.29) is 0 Å². The standard InChI is InChI=1S/C8H9BrO2/c1-3-6(10)8-5(2)4-7(9)11-8/h3-4,6,10H,1H2,2H3. The van der Waals surface area contributed by atoms with Crippen LogP contribution >= 0.6 is 15.9 Å². The van der Waals surface area contributed by atoms with Gasteiger partial charge in [-0.05, 0) is 34.5 Å². The van der Waals surface area contributed by atoms with Gasteiger partial charge in [0.1, 0.15) is 11.9 Å². The summed E-state index contributed by atoms with van der Waals surface area (Å²) in [7, 11) is 0. The fourth-order valence-corrected chi connectivity index (χ4v) is 1.37. The highest BCUT2D eigenvalue weighted by Gasteiger charge is 2.11. The van der Waals surface area contributed by atoms with Crippen molar-refractivity contribution in [2.75, 3.05) is 0 Å². The van der Waals surface area contributed by atoms with Crippen LogP contribution in [0.1, 0.15) is 17.4 Å². The molecule has 2 nitrogen and oxygen atoms in total. The van der Waals surface area contributed by atoms with E-state index < -0.39 is 6.10 Å². The monoisotopic (exact) mass is 216 g/mol. The normalized spacial score (nSPS) is 13.0. The van der Waals surface area contributed by atoms with E-state index in [4.69, 9.17) is 4.42 Å². The first-order valence-electron chi connectivity index (χ1n) is 3.21. The molecule has 0 saturated carbocycles. The van der Waals surface area contributed by atoms with Crippen molar-refractivity contribution < 1.29 is 9.52 Å². The molecule has 1 atom stereocenters. The Kier molecular flexibility index (Phi) is 2.52. The second-order valence-corrected chi connectivity index (χ2v) is 3.06. The summed E-state index contributed by atoms with van der Waals surface area (Å²) in [6.07, 6.45) is 0.722. The van der Waals surface area contributed by atoms with Gasteiger partial charge in [0, 0.05) is 0 Å². The third kappa shape index (κ3) is 1.73. The van der Waals surface area contributed by atoms with E-state index in [1.165, 1.54) is 6.08 Å². The summed E-state index contributed by atoms with van der Waals surface area (Å²) in [5.41, 5.74) is 0.921. The van der Waals surface area contributed by atoms with Crippen LogP contribution in [0.3, 0.4) is 0 Å². The molecule has 0 aliphatic carbocycles. The summed E-state index contributed by atoms with van der Waals surface area (Å²) in [6.45, 7) is 5.33. The predicted octanol–water partition coefficient (Wildman–Crippen LogP) is 2.57. The van der Waals surface area contributed by atoms with Gasteiger partial charge in [-0.25, -0.2) is 0 Å². The Hall–Kier alpha value is -0.540. The van der Waals surface area contributed by atoms with Crippen LogP contribution in [0.15, 0.2) is 27.8 Å². The maximum Gasteiger partial charge on any atom is 0.169 e. The Morgan fingerprint density at radius 2 is 2.45 bits per heavy atom. The third-order valence-electron chi connectivity index (χ3n) is 1.42. The first-order valence-corrected chi connectivity index (χ1v) is 4.01. The first kappa shape index (κ1) is 8.56. The molecule has 0 amide bonds. The van der Waals surface area contributed by atoms with Gasteiger partial charge in [-0.2, -0.15) is 0 Å². The van der Waals surface area contributed by atoms with Gasteiger partial charge < -0.3 is 9.52 Å². The van der Waals surface area contributed by atoms with Crippen molar-refractivity contribution in [3.63, 3.8) is 0 Å². The Labute approximate surface area is 73.7 Å². The fourth-order valence-electron chi connectivity index (χ4n) is 0.857. The summed E-state index contributed by atoms with van der Waals surface area (Å²) in [6, 6.07) is 1.81. The summed E-state index contributed by atoms with van der Waals surface area (Å²) in [5, 5.41) is 9.29. The number of furan rings is 1. The van der Waals surface area contributed by atoms with E-state index in [1.54, 1.807) is 0 Å². The minimum atomic E-state index is -0.707. The summed E-state index contributed by atoms with van der Waals surface area (Å²) in [4.78, 5) is 0. The zero-order valence-electron chi connectivity index (χ0n) is 6.17. The van der Waals surface area contributed by atoms with E-state index in [0.717, 1.165) is 5.56 Å². The zero-order valence-corrected chi connectivity index (χ0v) is 7.76. The van der Waals surface area contributed by atoms with E-state index in [9.17, 15) is 5.11 Å². The van der Waals surface area contributed by atoms with E-state index >= 15 is 0 Å². The van der Waals surface area contributed by atoms with Crippen molar-refractivity contribution in [2.24, 2.45) is 0 Å². The van der Waals surface area contributed by atoms with Crippen molar-refractivity contribution in [1.82, 2.24) is 0 Å². The van der Waals surface area contributed by atoms with Crippen LogP contribution in [0, 0.1) is 6.92 Å². The summed E-state index contributed by atoms with van der Waals surface area (Å²) in [5.74, 6) is 0.548. The molecule has 0 spiro atoms. The molecule has 0 bridgehead atoms. The Morgan fingerprint density at radius 1 is 1.82 bits per heavy atom. The third-order valence-corrected chi connectivity index (χ3v) is 1.81. The first-order chi connectivity index (χ1) is 5.15. The molecule has 60 valence electrons. The minimum absolute atomic E-state index is 0.548. The van der Waals surface area contributed by atoms with Crippen LogP contribution in [0.5, 0.6) is 0 Å². The number of hydrogen-bond acceptors (Lipinski definition) is 2. The second-order valence-electron chi connectivity index (χ2n) is 2.28. The average Bonchev–Trinajstić information content (AvgIpc) is 2.28. The van der Waals surface area contributed by atoms with Crippen molar-refractivity contribution in [2.45, 2.75) is 13.0 Å². The lowest BCUT2D eigenvalue weighted by atomic mass is 10.2. The molecule has 0 aliphatic rings. The molecule has 0 radical (unpaired) electrons. The SMILES string of the molecule is C=CC(O)c1oc(Br)cc1C. The lowest BCUT2D eigenvalue weighted by Gasteiger charge is -2.00. The van der Waals surface area contributed by atoms with Crippen LogP contribution in [0.4, 0.5) is 0 Å². The van der Waals surface area contributed by atoms with Gasteiger partial charge in [-0.1, -0.05) is 6.08 Å². The highest BCUT2D eigenvalue weighted by Crippen LogP contribution is 2.25. The average molecular weight is 217 g/mol. The molecule has 1 heterocycles. The molecule has 0 saturated heterocycles. The molecule has 1 aromatic heterocycles. The van der Waals surface area contributed by atoms with Crippen LogP contribution in [0.2, 0.25) is 0 Å². The summed E-state index contributed by atoms with van der Waals surface area (Å²) >= 11 is 3.17. The zero-order chi connectivity index (χ0) is 8.43. The Bertz CT molecular complexity index is 265. The molecule has 11 heavy (non-hydrogen) atoms. The molecule has 0 aliphatic heterocycles. The molecular weight excluding hydrogens is 208 g/mol.